The molecule has 0 aromatic carbocycles. The summed E-state index contributed by atoms with van der Waals surface area (Å²) in [4.78, 5) is 22.9. The highest BCUT2D eigenvalue weighted by molar-refractivity contribution is 7.99. The summed E-state index contributed by atoms with van der Waals surface area (Å²) >= 11 is 1.35. The molecule has 88 valence electrons. The van der Waals surface area contributed by atoms with E-state index < -0.39 is 0 Å². The number of nitrogens with zero attached hydrogens (tertiary/aromatic N) is 2. The van der Waals surface area contributed by atoms with Gasteiger partial charge in [0, 0.05) is 29.4 Å². The molecule has 0 aliphatic rings. The van der Waals surface area contributed by atoms with E-state index in [-0.39, 0.29) is 11.6 Å². The van der Waals surface area contributed by atoms with Gasteiger partial charge in [0.1, 0.15) is 0 Å². The highest BCUT2D eigenvalue weighted by Crippen LogP contribution is 2.23. The maximum absolute atomic E-state index is 11.1. The molecule has 5 nitrogen and oxygen atoms in total. The zero-order chi connectivity index (χ0) is 12.3. The molecule has 0 aliphatic heterocycles. The Bertz CT molecular complexity index is 550. The van der Waals surface area contributed by atoms with Crippen LogP contribution in [0.5, 0.6) is 0 Å². The predicted octanol–water partition coefficient (Wildman–Crippen LogP) is 1.34. The van der Waals surface area contributed by atoms with E-state index in [9.17, 15) is 4.79 Å². The number of nitrogens with two attached hydrogens (primary N) is 1. The van der Waals surface area contributed by atoms with E-state index in [0.717, 1.165) is 10.6 Å². The third-order valence-corrected chi connectivity index (χ3v) is 2.97. The van der Waals surface area contributed by atoms with Crippen LogP contribution in [0.3, 0.4) is 0 Å². The van der Waals surface area contributed by atoms with Crippen molar-refractivity contribution in [3.63, 3.8) is 0 Å². The smallest absolute Gasteiger partial charge is 0.251 e. The normalized spacial score (nSPS) is 12.4. The second kappa shape index (κ2) is 5.11. The molecule has 2 aromatic rings. The van der Waals surface area contributed by atoms with Crippen LogP contribution in [0.25, 0.3) is 0 Å². The number of pyridine rings is 1. The van der Waals surface area contributed by atoms with Gasteiger partial charge in [0.25, 0.3) is 5.56 Å². The van der Waals surface area contributed by atoms with Gasteiger partial charge in [0.15, 0.2) is 5.16 Å². The van der Waals surface area contributed by atoms with Gasteiger partial charge >= 0.3 is 0 Å². The molecule has 0 aliphatic carbocycles. The zero-order valence-electron chi connectivity index (χ0n) is 9.25. The van der Waals surface area contributed by atoms with Crippen molar-refractivity contribution < 1.29 is 0 Å². The van der Waals surface area contributed by atoms with E-state index in [1.54, 1.807) is 6.20 Å². The standard InChI is InChI=1S/C11H12N4OS/c1-7(12)9-3-2-8(6-14-9)17-11-13-5-4-10(16)15-11/h2-7H,12H2,1H3,(H,13,15,16)/t7-/m0/s1. The number of hydrogen-bond acceptors (Lipinski definition) is 5. The van der Waals surface area contributed by atoms with Crippen molar-refractivity contribution in [3.8, 4) is 0 Å². The van der Waals surface area contributed by atoms with Crippen molar-refractivity contribution in [1.29, 1.82) is 0 Å². The molecule has 0 fully saturated rings. The van der Waals surface area contributed by atoms with Crippen LogP contribution in [0.1, 0.15) is 18.7 Å². The van der Waals surface area contributed by atoms with Gasteiger partial charge in [-0.2, -0.15) is 0 Å². The number of aromatic nitrogens is 3. The number of aromatic amines is 1. The van der Waals surface area contributed by atoms with E-state index >= 15 is 0 Å². The molecule has 0 saturated heterocycles. The van der Waals surface area contributed by atoms with Crippen LogP contribution < -0.4 is 11.3 Å². The summed E-state index contributed by atoms with van der Waals surface area (Å²) in [7, 11) is 0. The largest absolute Gasteiger partial charge is 0.323 e. The topological polar surface area (TPSA) is 84.7 Å². The van der Waals surface area contributed by atoms with Gasteiger partial charge in [-0.1, -0.05) is 11.8 Å². The molecule has 2 aromatic heterocycles. The van der Waals surface area contributed by atoms with E-state index in [4.69, 9.17) is 5.73 Å². The van der Waals surface area contributed by atoms with E-state index in [2.05, 4.69) is 15.0 Å². The molecule has 2 rings (SSSR count). The summed E-state index contributed by atoms with van der Waals surface area (Å²) in [5.41, 5.74) is 6.38. The molecule has 17 heavy (non-hydrogen) atoms. The average Bonchev–Trinajstić information content (AvgIpc) is 2.29. The fraction of sp³-hybridized carbons (Fsp3) is 0.182. The van der Waals surface area contributed by atoms with Gasteiger partial charge in [-0.25, -0.2) is 4.98 Å². The van der Waals surface area contributed by atoms with Crippen molar-refractivity contribution in [2.45, 2.75) is 23.0 Å². The summed E-state index contributed by atoms with van der Waals surface area (Å²) in [5, 5.41) is 0.549. The van der Waals surface area contributed by atoms with Gasteiger partial charge in [0.05, 0.1) is 5.69 Å². The van der Waals surface area contributed by atoms with Gasteiger partial charge in [-0.05, 0) is 19.1 Å². The molecule has 6 heteroatoms. The van der Waals surface area contributed by atoms with Crippen LogP contribution in [0.15, 0.2) is 45.4 Å². The second-order valence-corrected chi connectivity index (χ2v) is 4.61. The predicted molar refractivity (Wildman–Crippen MR) is 65.8 cm³/mol. The number of H-pyrrole nitrogens is 1. The van der Waals surface area contributed by atoms with Crippen LogP contribution in [0, 0.1) is 0 Å². The monoisotopic (exact) mass is 248 g/mol. The molecule has 0 radical (unpaired) electrons. The van der Waals surface area contributed by atoms with E-state index in [1.807, 2.05) is 19.1 Å². The van der Waals surface area contributed by atoms with Crippen LogP contribution in [-0.2, 0) is 0 Å². The first-order valence-electron chi connectivity index (χ1n) is 5.10. The first-order chi connectivity index (χ1) is 8.15. The molecular weight excluding hydrogens is 236 g/mol. The zero-order valence-corrected chi connectivity index (χ0v) is 10.1. The van der Waals surface area contributed by atoms with Crippen molar-refractivity contribution in [2.75, 3.05) is 0 Å². The van der Waals surface area contributed by atoms with E-state index in [1.165, 1.54) is 24.0 Å². The minimum Gasteiger partial charge on any atom is -0.323 e. The second-order valence-electron chi connectivity index (χ2n) is 3.55. The molecule has 1 atom stereocenters. The minimum absolute atomic E-state index is 0.0799. The Kier molecular flexibility index (Phi) is 3.55. The highest BCUT2D eigenvalue weighted by atomic mass is 32.2. The van der Waals surface area contributed by atoms with Crippen molar-refractivity contribution in [2.24, 2.45) is 5.73 Å². The van der Waals surface area contributed by atoms with Crippen LogP contribution >= 0.6 is 11.8 Å². The Morgan fingerprint density at radius 1 is 1.35 bits per heavy atom. The molecule has 0 saturated carbocycles. The Balaban J connectivity index is 2.16. The fourth-order valence-corrected chi connectivity index (χ4v) is 1.97. The third kappa shape index (κ3) is 3.15. The lowest BCUT2D eigenvalue weighted by Crippen LogP contribution is -2.07. The maximum atomic E-state index is 11.1. The van der Waals surface area contributed by atoms with Crippen molar-refractivity contribution >= 4 is 11.8 Å². The van der Waals surface area contributed by atoms with Gasteiger partial charge in [0.2, 0.25) is 0 Å². The SMILES string of the molecule is C[C@H](N)c1ccc(Sc2nccc(=O)[nH]2)cn1. The Labute approximate surface area is 103 Å². The molecular formula is C11H12N4OS. The molecule has 0 unspecified atom stereocenters. The third-order valence-electron chi connectivity index (χ3n) is 2.09. The van der Waals surface area contributed by atoms with Gasteiger partial charge in [-0.3, -0.25) is 9.78 Å². The molecule has 2 heterocycles. The quantitative estimate of drug-likeness (QED) is 0.801. The lowest BCUT2D eigenvalue weighted by molar-refractivity contribution is 0.777. The average molecular weight is 248 g/mol. The van der Waals surface area contributed by atoms with Crippen molar-refractivity contribution in [3.05, 3.63) is 46.6 Å². The Hall–Kier alpha value is -1.66. The molecule has 0 bridgehead atoms. The Morgan fingerprint density at radius 3 is 2.76 bits per heavy atom. The first-order valence-corrected chi connectivity index (χ1v) is 5.91. The molecule has 0 amide bonds. The maximum Gasteiger partial charge on any atom is 0.251 e. The van der Waals surface area contributed by atoms with Gasteiger partial charge < -0.3 is 10.7 Å². The summed E-state index contributed by atoms with van der Waals surface area (Å²) in [6, 6.07) is 5.07. The molecule has 0 spiro atoms. The number of nitrogens with one attached hydrogen (secondary N) is 1. The molecule has 3 N–H and O–H groups in total. The fourth-order valence-electron chi connectivity index (χ4n) is 1.24. The van der Waals surface area contributed by atoms with Crippen LogP contribution in [0.4, 0.5) is 0 Å². The summed E-state index contributed by atoms with van der Waals surface area (Å²) in [6.45, 7) is 1.88. The highest BCUT2D eigenvalue weighted by Gasteiger charge is 2.03. The lowest BCUT2D eigenvalue weighted by atomic mass is 10.2. The van der Waals surface area contributed by atoms with Crippen molar-refractivity contribution in [1.82, 2.24) is 15.0 Å². The van der Waals surface area contributed by atoms with Crippen LogP contribution in [0.2, 0.25) is 0 Å². The minimum atomic E-state index is -0.164. The number of hydrogen-bond donors (Lipinski definition) is 2. The van der Waals surface area contributed by atoms with E-state index in [0.29, 0.717) is 5.16 Å². The van der Waals surface area contributed by atoms with Gasteiger partial charge in [-0.15, -0.1) is 0 Å². The summed E-state index contributed by atoms with van der Waals surface area (Å²) in [6.07, 6.45) is 3.20. The summed E-state index contributed by atoms with van der Waals surface area (Å²) in [5.74, 6) is 0. The van der Waals surface area contributed by atoms with Crippen LogP contribution in [-0.4, -0.2) is 15.0 Å². The first kappa shape index (κ1) is 11.8. The summed E-state index contributed by atoms with van der Waals surface area (Å²) < 4.78 is 0. The lowest BCUT2D eigenvalue weighted by Gasteiger charge is -2.05. The Morgan fingerprint density at radius 2 is 2.18 bits per heavy atom. The number of rotatable bonds is 3.